The zero-order valence-corrected chi connectivity index (χ0v) is 16.0. The Morgan fingerprint density at radius 1 is 1.23 bits per heavy atom. The molecule has 0 aromatic carbocycles. The van der Waals surface area contributed by atoms with Crippen LogP contribution in [0.5, 0.6) is 0 Å². The third kappa shape index (κ3) is 3.85. The van der Waals surface area contributed by atoms with Crippen LogP contribution in [-0.2, 0) is 4.79 Å². The van der Waals surface area contributed by atoms with Gasteiger partial charge >= 0.3 is 0 Å². The van der Waals surface area contributed by atoms with Gasteiger partial charge in [-0.05, 0) is 43.9 Å². The number of hydrogen-bond acceptors (Lipinski definition) is 6. The van der Waals surface area contributed by atoms with Crippen molar-refractivity contribution in [1.82, 2.24) is 19.7 Å². The van der Waals surface area contributed by atoms with E-state index < -0.39 is 18.0 Å². The number of pyridine rings is 2. The molecule has 1 amide bonds. The zero-order chi connectivity index (χ0) is 21.3. The van der Waals surface area contributed by atoms with Gasteiger partial charge < -0.3 is 15.8 Å². The van der Waals surface area contributed by atoms with E-state index in [0.29, 0.717) is 31.2 Å². The van der Waals surface area contributed by atoms with Crippen LogP contribution in [-0.4, -0.2) is 31.9 Å². The average molecular weight is 414 g/mol. The highest BCUT2D eigenvalue weighted by atomic mass is 19.3. The molecule has 30 heavy (non-hydrogen) atoms. The molecule has 8 nitrogen and oxygen atoms in total. The smallest absolute Gasteiger partial charge is 0.284 e. The Hall–Kier alpha value is -3.43. The number of rotatable bonds is 5. The number of alkyl halides is 2. The van der Waals surface area contributed by atoms with Crippen molar-refractivity contribution in [3.05, 3.63) is 41.9 Å². The summed E-state index contributed by atoms with van der Waals surface area (Å²) in [7, 11) is 0. The van der Waals surface area contributed by atoms with Gasteiger partial charge in [0, 0.05) is 18.3 Å². The number of hydrogen-bond donors (Lipinski definition) is 2. The van der Waals surface area contributed by atoms with Gasteiger partial charge in [-0.1, -0.05) is 0 Å². The summed E-state index contributed by atoms with van der Waals surface area (Å²) < 4.78 is 28.6. The SMILES string of the molecule is Nc1ccc2nccc(C(=O)Nc3cn(C4CCC(C=O)CC4)nc3C(F)F)c2n1. The van der Waals surface area contributed by atoms with Gasteiger partial charge in [0.1, 0.15) is 17.6 Å². The van der Waals surface area contributed by atoms with Crippen molar-refractivity contribution in [2.75, 3.05) is 11.1 Å². The lowest BCUT2D eigenvalue weighted by Crippen LogP contribution is -2.19. The van der Waals surface area contributed by atoms with Crippen LogP contribution in [0.4, 0.5) is 20.3 Å². The molecule has 10 heteroatoms. The maximum Gasteiger partial charge on any atom is 0.284 e. The van der Waals surface area contributed by atoms with Crippen LogP contribution < -0.4 is 11.1 Å². The van der Waals surface area contributed by atoms with Gasteiger partial charge in [0.25, 0.3) is 12.3 Å². The maximum absolute atomic E-state index is 13.6. The molecule has 3 aromatic rings. The molecule has 0 unspecified atom stereocenters. The Labute approximate surface area is 170 Å². The Bertz CT molecular complexity index is 1090. The minimum atomic E-state index is -2.85. The molecule has 0 radical (unpaired) electrons. The number of nitrogen functional groups attached to an aromatic ring is 1. The topological polar surface area (TPSA) is 116 Å². The Morgan fingerprint density at radius 3 is 2.70 bits per heavy atom. The number of carbonyl (C=O) groups excluding carboxylic acids is 2. The van der Waals surface area contributed by atoms with Crippen molar-refractivity contribution in [1.29, 1.82) is 0 Å². The summed E-state index contributed by atoms with van der Waals surface area (Å²) >= 11 is 0. The minimum absolute atomic E-state index is 0.00506. The second-order valence-electron chi connectivity index (χ2n) is 7.33. The number of aromatic nitrogens is 4. The van der Waals surface area contributed by atoms with Crippen molar-refractivity contribution < 1.29 is 18.4 Å². The van der Waals surface area contributed by atoms with Gasteiger partial charge in [0.15, 0.2) is 5.69 Å². The van der Waals surface area contributed by atoms with Gasteiger partial charge in [0.2, 0.25) is 0 Å². The Morgan fingerprint density at radius 2 is 2.00 bits per heavy atom. The molecular weight excluding hydrogens is 394 g/mol. The lowest BCUT2D eigenvalue weighted by Gasteiger charge is -2.25. The van der Waals surface area contributed by atoms with Crippen molar-refractivity contribution >= 4 is 34.7 Å². The van der Waals surface area contributed by atoms with Gasteiger partial charge in [-0.2, -0.15) is 5.10 Å². The van der Waals surface area contributed by atoms with E-state index in [9.17, 15) is 18.4 Å². The van der Waals surface area contributed by atoms with Crippen molar-refractivity contribution in [2.45, 2.75) is 38.2 Å². The number of anilines is 2. The number of nitrogens with two attached hydrogens (primary N) is 1. The standard InChI is InChI=1S/C20H20F2N6O2/c21-19(22)18-15(9-28(27-18)12-3-1-11(10-29)2-4-12)25-20(30)13-7-8-24-14-5-6-16(23)26-17(13)14/h5-12,19H,1-4H2,(H2,23,26)(H,25,30). The van der Waals surface area contributed by atoms with Gasteiger partial charge in [-0.25, -0.2) is 13.8 Å². The molecule has 3 aromatic heterocycles. The molecule has 1 saturated carbocycles. The highest BCUT2D eigenvalue weighted by Gasteiger charge is 2.27. The van der Waals surface area contributed by atoms with E-state index in [0.717, 1.165) is 6.29 Å². The highest BCUT2D eigenvalue weighted by molar-refractivity contribution is 6.11. The Balaban J connectivity index is 1.61. The third-order valence-electron chi connectivity index (χ3n) is 5.37. The predicted octanol–water partition coefficient (Wildman–Crippen LogP) is 3.53. The second-order valence-corrected chi connectivity index (χ2v) is 7.33. The van der Waals surface area contributed by atoms with Crippen LogP contribution >= 0.6 is 0 Å². The molecule has 0 saturated heterocycles. The molecule has 1 fully saturated rings. The summed E-state index contributed by atoms with van der Waals surface area (Å²) in [6.45, 7) is 0. The summed E-state index contributed by atoms with van der Waals surface area (Å²) in [5.41, 5.74) is 6.09. The number of nitrogens with zero attached hydrogens (tertiary/aromatic N) is 4. The van der Waals surface area contributed by atoms with E-state index in [-0.39, 0.29) is 34.5 Å². The largest absolute Gasteiger partial charge is 0.384 e. The van der Waals surface area contributed by atoms with E-state index in [4.69, 9.17) is 5.73 Å². The quantitative estimate of drug-likeness (QED) is 0.617. The van der Waals surface area contributed by atoms with E-state index in [1.807, 2.05) is 0 Å². The molecular formula is C20H20F2N6O2. The highest BCUT2D eigenvalue weighted by Crippen LogP contribution is 2.34. The van der Waals surface area contributed by atoms with E-state index in [1.54, 1.807) is 12.1 Å². The van der Waals surface area contributed by atoms with Crippen molar-refractivity contribution in [2.24, 2.45) is 5.92 Å². The molecule has 3 N–H and O–H groups in total. The van der Waals surface area contributed by atoms with E-state index >= 15 is 0 Å². The average Bonchev–Trinajstić information content (AvgIpc) is 3.17. The number of amides is 1. The molecule has 1 aliphatic carbocycles. The predicted molar refractivity (Wildman–Crippen MR) is 106 cm³/mol. The number of carbonyl (C=O) groups is 2. The zero-order valence-electron chi connectivity index (χ0n) is 16.0. The Kier molecular flexibility index (Phi) is 5.39. The minimum Gasteiger partial charge on any atom is -0.384 e. The van der Waals surface area contributed by atoms with Crippen LogP contribution in [0.15, 0.2) is 30.6 Å². The first-order valence-electron chi connectivity index (χ1n) is 9.61. The monoisotopic (exact) mass is 414 g/mol. The lowest BCUT2D eigenvalue weighted by molar-refractivity contribution is -0.112. The summed E-state index contributed by atoms with van der Waals surface area (Å²) in [4.78, 5) is 32.1. The molecule has 0 atom stereocenters. The first-order valence-corrected chi connectivity index (χ1v) is 9.61. The van der Waals surface area contributed by atoms with Gasteiger partial charge in [0.05, 0.1) is 22.8 Å². The van der Waals surface area contributed by atoms with Crippen LogP contribution in [0.25, 0.3) is 11.0 Å². The fraction of sp³-hybridized carbons (Fsp3) is 0.350. The van der Waals surface area contributed by atoms with Crippen LogP contribution in [0.1, 0.15) is 54.2 Å². The first-order chi connectivity index (χ1) is 14.5. The first kappa shape index (κ1) is 19.9. The summed E-state index contributed by atoms with van der Waals surface area (Å²) in [6.07, 6.45) is 3.67. The van der Waals surface area contributed by atoms with Crippen LogP contribution in [0.3, 0.4) is 0 Å². The van der Waals surface area contributed by atoms with E-state index in [2.05, 4.69) is 20.4 Å². The lowest BCUT2D eigenvalue weighted by atomic mass is 9.87. The number of halogens is 2. The fourth-order valence-electron chi connectivity index (χ4n) is 3.77. The van der Waals surface area contributed by atoms with Crippen molar-refractivity contribution in [3.63, 3.8) is 0 Å². The maximum atomic E-state index is 13.6. The molecule has 0 bridgehead atoms. The molecule has 3 heterocycles. The van der Waals surface area contributed by atoms with E-state index in [1.165, 1.54) is 23.1 Å². The summed E-state index contributed by atoms with van der Waals surface area (Å²) in [6, 6.07) is 4.56. The van der Waals surface area contributed by atoms with Gasteiger partial charge in [-0.15, -0.1) is 0 Å². The van der Waals surface area contributed by atoms with Crippen molar-refractivity contribution in [3.8, 4) is 0 Å². The van der Waals surface area contributed by atoms with Crippen LogP contribution in [0.2, 0.25) is 0 Å². The molecule has 4 rings (SSSR count). The molecule has 0 spiro atoms. The summed E-state index contributed by atoms with van der Waals surface area (Å²) in [5, 5.41) is 6.56. The second kappa shape index (κ2) is 8.13. The third-order valence-corrected chi connectivity index (χ3v) is 5.37. The molecule has 156 valence electrons. The molecule has 1 aliphatic rings. The van der Waals surface area contributed by atoms with Gasteiger partial charge in [-0.3, -0.25) is 14.5 Å². The molecule has 0 aliphatic heterocycles. The fourth-order valence-corrected chi connectivity index (χ4v) is 3.77. The normalized spacial score (nSPS) is 19.2. The number of fused-ring (bicyclic) bond motifs is 1. The number of nitrogens with one attached hydrogen (secondary N) is 1. The summed E-state index contributed by atoms with van der Waals surface area (Å²) in [5.74, 6) is -0.381. The van der Waals surface area contributed by atoms with Crippen LogP contribution in [0, 0.1) is 5.92 Å². The number of aldehydes is 1.